The van der Waals surface area contributed by atoms with Crippen molar-refractivity contribution in [1.29, 1.82) is 0 Å². The maximum atomic E-state index is 13.1. The fourth-order valence-corrected chi connectivity index (χ4v) is 3.76. The van der Waals surface area contributed by atoms with Crippen LogP contribution in [0.1, 0.15) is 41.1 Å². The Hall–Kier alpha value is -3.88. The minimum Gasteiger partial charge on any atom is -0.344 e. The van der Waals surface area contributed by atoms with Crippen LogP contribution in [-0.4, -0.2) is 37.0 Å². The summed E-state index contributed by atoms with van der Waals surface area (Å²) in [6.45, 7) is 2.72. The van der Waals surface area contributed by atoms with E-state index in [1.165, 1.54) is 30.6 Å². The van der Waals surface area contributed by atoms with Crippen LogP contribution in [0.5, 0.6) is 0 Å². The van der Waals surface area contributed by atoms with E-state index < -0.39 is 0 Å². The van der Waals surface area contributed by atoms with Crippen molar-refractivity contribution in [2.45, 2.75) is 25.8 Å². The number of carbonyl (C=O) groups is 1. The second-order valence-corrected chi connectivity index (χ2v) is 7.45. The number of aromatic nitrogens is 5. The monoisotopic (exact) mass is 417 g/mol. The second kappa shape index (κ2) is 7.75. The van der Waals surface area contributed by atoms with Gasteiger partial charge in [0.05, 0.1) is 23.1 Å². The molecule has 31 heavy (non-hydrogen) atoms. The summed E-state index contributed by atoms with van der Waals surface area (Å²) < 4.78 is 14.7. The largest absolute Gasteiger partial charge is 0.344 e. The van der Waals surface area contributed by atoms with E-state index in [0.29, 0.717) is 11.3 Å². The van der Waals surface area contributed by atoms with Crippen molar-refractivity contribution < 1.29 is 9.18 Å². The molecule has 3 aromatic heterocycles. The van der Waals surface area contributed by atoms with Gasteiger partial charge in [0, 0.05) is 18.3 Å². The molecule has 8 nitrogen and oxygen atoms in total. The minimum atomic E-state index is -0.372. The summed E-state index contributed by atoms with van der Waals surface area (Å²) in [7, 11) is 0. The van der Waals surface area contributed by atoms with Gasteiger partial charge in [0.2, 0.25) is 0 Å². The number of rotatable bonds is 4. The molecule has 4 aromatic rings. The zero-order valence-electron chi connectivity index (χ0n) is 16.9. The van der Waals surface area contributed by atoms with Gasteiger partial charge < -0.3 is 10.2 Å². The molecule has 0 aliphatic carbocycles. The Kier molecular flexibility index (Phi) is 4.78. The molecule has 1 atom stereocenters. The average molecular weight is 417 g/mol. The number of nitrogens with zero attached hydrogens (tertiary/aromatic N) is 6. The number of benzene rings is 1. The van der Waals surface area contributed by atoms with Crippen molar-refractivity contribution in [2.75, 3.05) is 11.4 Å². The molecule has 0 spiro atoms. The number of hydrogen-bond acceptors (Lipinski definition) is 6. The summed E-state index contributed by atoms with van der Waals surface area (Å²) >= 11 is 0. The molecule has 1 aromatic carbocycles. The predicted molar refractivity (Wildman–Crippen MR) is 113 cm³/mol. The number of anilines is 2. The summed E-state index contributed by atoms with van der Waals surface area (Å²) in [5.41, 5.74) is 3.16. The molecule has 1 aliphatic rings. The molecule has 1 aliphatic heterocycles. The van der Waals surface area contributed by atoms with Gasteiger partial charge in [-0.3, -0.25) is 9.78 Å². The quantitative estimate of drug-likeness (QED) is 0.549. The highest BCUT2D eigenvalue weighted by molar-refractivity contribution is 5.94. The lowest BCUT2D eigenvalue weighted by atomic mass is 10.1. The van der Waals surface area contributed by atoms with Gasteiger partial charge >= 0.3 is 0 Å². The third-order valence-corrected chi connectivity index (χ3v) is 5.37. The van der Waals surface area contributed by atoms with Gasteiger partial charge in [-0.1, -0.05) is 0 Å². The molecule has 1 amide bonds. The first-order valence-corrected chi connectivity index (χ1v) is 10.1. The first-order valence-electron chi connectivity index (χ1n) is 10.1. The lowest BCUT2D eigenvalue weighted by Crippen LogP contribution is -2.29. The first-order chi connectivity index (χ1) is 15.1. The molecule has 1 N–H and O–H groups in total. The number of aryl methyl sites for hydroxylation is 1. The zero-order valence-corrected chi connectivity index (χ0v) is 16.9. The van der Waals surface area contributed by atoms with Crippen LogP contribution < -0.4 is 10.2 Å². The first kappa shape index (κ1) is 19.1. The van der Waals surface area contributed by atoms with E-state index in [4.69, 9.17) is 4.98 Å². The van der Waals surface area contributed by atoms with Crippen LogP contribution in [0.25, 0.3) is 5.78 Å². The number of hydrogen-bond donors (Lipinski definition) is 1. The van der Waals surface area contributed by atoms with Crippen LogP contribution in [-0.2, 0) is 6.42 Å². The standard InChI is InChI=1S/C22H20FN7O/c1-14(26-21(31)15-4-6-16(23)7-5-15)17-8-9-19-18(27-17)3-2-11-29(19)20-10-12-30-22(28-20)24-13-25-30/h4-10,12-14H,2-3,11H2,1H3,(H,26,31). The van der Waals surface area contributed by atoms with Gasteiger partial charge in [0.15, 0.2) is 0 Å². The summed E-state index contributed by atoms with van der Waals surface area (Å²) in [5, 5.41) is 7.02. The molecular formula is C22H20FN7O. The van der Waals surface area contributed by atoms with Crippen molar-refractivity contribution in [2.24, 2.45) is 0 Å². The Morgan fingerprint density at radius 1 is 1.13 bits per heavy atom. The third-order valence-electron chi connectivity index (χ3n) is 5.37. The maximum Gasteiger partial charge on any atom is 0.254 e. The molecule has 0 radical (unpaired) electrons. The van der Waals surface area contributed by atoms with Gasteiger partial charge in [-0.2, -0.15) is 15.1 Å². The SMILES string of the molecule is CC(NC(=O)c1ccc(F)cc1)c1ccc2c(n1)CCCN2c1ccn2ncnc2n1. The molecule has 4 heterocycles. The maximum absolute atomic E-state index is 13.1. The molecular weight excluding hydrogens is 397 g/mol. The van der Waals surface area contributed by atoms with E-state index in [0.717, 1.165) is 42.3 Å². The summed E-state index contributed by atoms with van der Waals surface area (Å²) in [5.74, 6) is 0.711. The highest BCUT2D eigenvalue weighted by Crippen LogP contribution is 2.32. The lowest BCUT2D eigenvalue weighted by Gasteiger charge is -2.30. The summed E-state index contributed by atoms with van der Waals surface area (Å²) in [6, 6.07) is 11.0. The number of carbonyl (C=O) groups excluding carboxylic acids is 1. The number of amides is 1. The molecule has 156 valence electrons. The van der Waals surface area contributed by atoms with Gasteiger partial charge in [0.1, 0.15) is 18.0 Å². The lowest BCUT2D eigenvalue weighted by molar-refractivity contribution is 0.0939. The van der Waals surface area contributed by atoms with E-state index in [9.17, 15) is 9.18 Å². The number of halogens is 1. The Morgan fingerprint density at radius 2 is 1.97 bits per heavy atom. The molecule has 0 saturated carbocycles. The van der Waals surface area contributed by atoms with Crippen LogP contribution in [0.3, 0.4) is 0 Å². The highest BCUT2D eigenvalue weighted by atomic mass is 19.1. The predicted octanol–water partition coefficient (Wildman–Crippen LogP) is 3.23. The van der Waals surface area contributed by atoms with E-state index in [1.54, 1.807) is 4.52 Å². The van der Waals surface area contributed by atoms with Crippen molar-refractivity contribution in [1.82, 2.24) is 29.9 Å². The number of pyridine rings is 1. The Morgan fingerprint density at radius 3 is 2.81 bits per heavy atom. The highest BCUT2D eigenvalue weighted by Gasteiger charge is 2.23. The summed E-state index contributed by atoms with van der Waals surface area (Å²) in [4.78, 5) is 28.2. The summed E-state index contributed by atoms with van der Waals surface area (Å²) in [6.07, 6.45) is 5.12. The molecule has 1 unspecified atom stereocenters. The minimum absolute atomic E-state index is 0.264. The zero-order chi connectivity index (χ0) is 21.4. The Bertz CT molecular complexity index is 1250. The smallest absolute Gasteiger partial charge is 0.254 e. The number of nitrogens with one attached hydrogen (secondary N) is 1. The molecule has 0 bridgehead atoms. The molecule has 9 heteroatoms. The fraction of sp³-hybridized carbons (Fsp3) is 0.227. The molecule has 0 saturated heterocycles. The van der Waals surface area contributed by atoms with E-state index in [2.05, 4.69) is 25.3 Å². The second-order valence-electron chi connectivity index (χ2n) is 7.45. The fourth-order valence-electron chi connectivity index (χ4n) is 3.76. The third kappa shape index (κ3) is 3.70. The van der Waals surface area contributed by atoms with E-state index in [-0.39, 0.29) is 17.8 Å². The average Bonchev–Trinajstić information content (AvgIpc) is 3.26. The van der Waals surface area contributed by atoms with Crippen LogP contribution >= 0.6 is 0 Å². The van der Waals surface area contributed by atoms with Crippen molar-refractivity contribution in [3.8, 4) is 0 Å². The molecule has 5 rings (SSSR count). The van der Waals surface area contributed by atoms with Gasteiger partial charge in [0.25, 0.3) is 11.7 Å². The van der Waals surface area contributed by atoms with Crippen LogP contribution in [0.2, 0.25) is 0 Å². The van der Waals surface area contributed by atoms with Crippen LogP contribution in [0, 0.1) is 5.82 Å². The van der Waals surface area contributed by atoms with Gasteiger partial charge in [-0.05, 0) is 62.2 Å². The van der Waals surface area contributed by atoms with Gasteiger partial charge in [-0.15, -0.1) is 0 Å². The Labute approximate surface area is 177 Å². The van der Waals surface area contributed by atoms with Crippen molar-refractivity contribution in [3.05, 3.63) is 77.8 Å². The Balaban J connectivity index is 1.38. The van der Waals surface area contributed by atoms with E-state index in [1.807, 2.05) is 31.3 Å². The van der Waals surface area contributed by atoms with Crippen LogP contribution in [0.4, 0.5) is 15.9 Å². The topological polar surface area (TPSA) is 88.3 Å². The van der Waals surface area contributed by atoms with Crippen LogP contribution in [0.15, 0.2) is 55.0 Å². The molecule has 0 fully saturated rings. The normalized spacial score (nSPS) is 14.3. The van der Waals surface area contributed by atoms with Gasteiger partial charge in [-0.25, -0.2) is 8.91 Å². The number of fused-ring (bicyclic) bond motifs is 2. The van der Waals surface area contributed by atoms with E-state index >= 15 is 0 Å². The van der Waals surface area contributed by atoms with Crippen molar-refractivity contribution >= 4 is 23.2 Å². The van der Waals surface area contributed by atoms with Crippen molar-refractivity contribution in [3.63, 3.8) is 0 Å².